The normalized spacial score (nSPS) is 13.2. The molecule has 0 aromatic heterocycles. The molecule has 2 rings (SSSR count). The molecule has 1 aromatic carbocycles. The molecule has 1 nitrogen and oxygen atoms in total. The summed E-state index contributed by atoms with van der Waals surface area (Å²) in [6, 6.07) is 10.3. The van der Waals surface area contributed by atoms with Gasteiger partial charge in [0.2, 0.25) is 0 Å². The second kappa shape index (κ2) is 5.31. The van der Waals surface area contributed by atoms with Crippen LogP contribution in [0.25, 0.3) is 0 Å². The molecule has 0 fully saturated rings. The zero-order valence-corrected chi connectivity index (χ0v) is 8.20. The highest BCUT2D eigenvalue weighted by molar-refractivity contribution is 6.02. The number of nitrogens with zero attached hydrogens (tertiary/aromatic N) is 1. The molecule has 1 heteroatoms. The largest absolute Gasteiger partial charge is 0.261 e. The van der Waals surface area contributed by atoms with Crippen LogP contribution in [0, 0.1) is 0 Å². The molecule has 1 aliphatic rings. The van der Waals surface area contributed by atoms with E-state index in [0.717, 1.165) is 6.42 Å². The highest BCUT2D eigenvalue weighted by Crippen LogP contribution is 2.09. The van der Waals surface area contributed by atoms with Crippen molar-refractivity contribution in [2.24, 2.45) is 4.99 Å². The lowest BCUT2D eigenvalue weighted by Crippen LogP contribution is -1.94. The summed E-state index contributed by atoms with van der Waals surface area (Å²) in [6.45, 7) is 4.00. The molecule has 0 saturated carbocycles. The fourth-order valence-electron chi connectivity index (χ4n) is 1.18. The predicted octanol–water partition coefficient (Wildman–Crippen LogP) is 3.42. The first-order chi connectivity index (χ1) is 6.47. The third-order valence-corrected chi connectivity index (χ3v) is 1.75. The molecule has 13 heavy (non-hydrogen) atoms. The highest BCUT2D eigenvalue weighted by Gasteiger charge is 2.02. The predicted molar refractivity (Wildman–Crippen MR) is 58.1 cm³/mol. The van der Waals surface area contributed by atoms with Gasteiger partial charge in [0, 0.05) is 12.6 Å². The first-order valence-electron chi connectivity index (χ1n) is 4.74. The van der Waals surface area contributed by atoms with E-state index in [4.69, 9.17) is 0 Å². The van der Waals surface area contributed by atoms with Gasteiger partial charge in [0.15, 0.2) is 0 Å². The minimum Gasteiger partial charge on any atom is -0.261 e. The Morgan fingerprint density at radius 3 is 2.31 bits per heavy atom. The van der Waals surface area contributed by atoms with E-state index in [9.17, 15) is 0 Å². The van der Waals surface area contributed by atoms with Gasteiger partial charge in [-0.05, 0) is 5.56 Å². The summed E-state index contributed by atoms with van der Waals surface area (Å²) in [5.74, 6) is 0. The SMILES string of the molecule is C1=CN=C(c2ccccc2)C1.CC. The quantitative estimate of drug-likeness (QED) is 0.617. The van der Waals surface area contributed by atoms with Crippen LogP contribution < -0.4 is 0 Å². The van der Waals surface area contributed by atoms with Crippen LogP contribution in [0.2, 0.25) is 0 Å². The highest BCUT2D eigenvalue weighted by atomic mass is 14.7. The van der Waals surface area contributed by atoms with E-state index in [-0.39, 0.29) is 0 Å². The molecule has 0 bridgehead atoms. The minimum absolute atomic E-state index is 0.976. The molecular weight excluding hydrogens is 158 g/mol. The topological polar surface area (TPSA) is 12.4 Å². The van der Waals surface area contributed by atoms with Crippen molar-refractivity contribution >= 4 is 5.71 Å². The Morgan fingerprint density at radius 2 is 1.77 bits per heavy atom. The third-order valence-electron chi connectivity index (χ3n) is 1.75. The monoisotopic (exact) mass is 173 g/mol. The zero-order valence-electron chi connectivity index (χ0n) is 8.20. The minimum atomic E-state index is 0.976. The molecule has 1 aromatic rings. The van der Waals surface area contributed by atoms with Crippen molar-refractivity contribution in [2.75, 3.05) is 0 Å². The van der Waals surface area contributed by atoms with Gasteiger partial charge in [-0.3, -0.25) is 4.99 Å². The van der Waals surface area contributed by atoms with Crippen molar-refractivity contribution < 1.29 is 0 Å². The van der Waals surface area contributed by atoms with Crippen LogP contribution in [0.3, 0.4) is 0 Å². The van der Waals surface area contributed by atoms with Crippen LogP contribution in [-0.4, -0.2) is 5.71 Å². The van der Waals surface area contributed by atoms with Gasteiger partial charge in [0.1, 0.15) is 0 Å². The van der Waals surface area contributed by atoms with E-state index < -0.39 is 0 Å². The maximum absolute atomic E-state index is 4.24. The average molecular weight is 173 g/mol. The van der Waals surface area contributed by atoms with E-state index in [1.54, 1.807) is 0 Å². The van der Waals surface area contributed by atoms with Crippen LogP contribution in [0.5, 0.6) is 0 Å². The summed E-state index contributed by atoms with van der Waals surface area (Å²) >= 11 is 0. The smallest absolute Gasteiger partial charge is 0.0513 e. The Kier molecular flexibility index (Phi) is 3.97. The van der Waals surface area contributed by atoms with Gasteiger partial charge in [-0.1, -0.05) is 50.3 Å². The fourth-order valence-corrected chi connectivity index (χ4v) is 1.18. The van der Waals surface area contributed by atoms with Gasteiger partial charge in [0.25, 0.3) is 0 Å². The molecule has 0 aliphatic carbocycles. The van der Waals surface area contributed by atoms with Gasteiger partial charge in [-0.25, -0.2) is 0 Å². The standard InChI is InChI=1S/C10H9N.C2H6/c1-2-5-9(6-3-1)10-7-4-8-11-10;1-2/h1-6,8H,7H2;1-2H3. The molecule has 1 heterocycles. The Hall–Kier alpha value is -1.37. The lowest BCUT2D eigenvalue weighted by molar-refractivity contribution is 1.49. The second-order valence-electron chi connectivity index (χ2n) is 2.53. The maximum atomic E-state index is 4.24. The zero-order chi connectivity index (χ0) is 9.52. The van der Waals surface area contributed by atoms with Crippen LogP contribution in [0.1, 0.15) is 25.8 Å². The lowest BCUT2D eigenvalue weighted by atomic mass is 10.1. The molecule has 0 unspecified atom stereocenters. The molecule has 0 atom stereocenters. The van der Waals surface area contributed by atoms with Gasteiger partial charge in [-0.2, -0.15) is 0 Å². The number of allylic oxidation sites excluding steroid dienone is 1. The van der Waals surface area contributed by atoms with Gasteiger partial charge in [-0.15, -0.1) is 0 Å². The molecule has 1 aliphatic heterocycles. The summed E-state index contributed by atoms with van der Waals surface area (Å²) in [5.41, 5.74) is 2.41. The summed E-state index contributed by atoms with van der Waals surface area (Å²) in [7, 11) is 0. The molecular formula is C12H15N. The molecule has 0 N–H and O–H groups in total. The summed E-state index contributed by atoms with van der Waals surface area (Å²) < 4.78 is 0. The first kappa shape index (κ1) is 9.72. The van der Waals surface area contributed by atoms with Crippen molar-refractivity contribution in [3.63, 3.8) is 0 Å². The van der Waals surface area contributed by atoms with E-state index in [1.807, 2.05) is 38.2 Å². The van der Waals surface area contributed by atoms with Crippen molar-refractivity contribution in [3.05, 3.63) is 48.2 Å². The average Bonchev–Trinajstić information content (AvgIpc) is 2.75. The number of aliphatic imine (C=N–C) groups is 1. The summed E-state index contributed by atoms with van der Waals surface area (Å²) in [6.07, 6.45) is 4.91. The number of hydrogen-bond acceptors (Lipinski definition) is 1. The van der Waals surface area contributed by atoms with Crippen molar-refractivity contribution in [3.8, 4) is 0 Å². The summed E-state index contributed by atoms with van der Waals surface area (Å²) in [4.78, 5) is 4.24. The number of rotatable bonds is 1. The fraction of sp³-hybridized carbons (Fsp3) is 0.250. The van der Waals surface area contributed by atoms with E-state index in [1.165, 1.54) is 11.3 Å². The Labute approximate surface area is 79.8 Å². The van der Waals surface area contributed by atoms with Gasteiger partial charge >= 0.3 is 0 Å². The Bertz CT molecular complexity index is 296. The molecule has 0 saturated heterocycles. The molecule has 0 spiro atoms. The van der Waals surface area contributed by atoms with Crippen LogP contribution in [0.15, 0.2) is 47.6 Å². The second-order valence-corrected chi connectivity index (χ2v) is 2.53. The van der Waals surface area contributed by atoms with Gasteiger partial charge in [0.05, 0.1) is 5.71 Å². The van der Waals surface area contributed by atoms with E-state index >= 15 is 0 Å². The molecule has 68 valence electrons. The van der Waals surface area contributed by atoms with Crippen molar-refractivity contribution in [1.82, 2.24) is 0 Å². The van der Waals surface area contributed by atoms with Crippen LogP contribution in [-0.2, 0) is 0 Å². The maximum Gasteiger partial charge on any atom is 0.0513 e. The lowest BCUT2D eigenvalue weighted by Gasteiger charge is -1.97. The number of hydrogen-bond donors (Lipinski definition) is 0. The van der Waals surface area contributed by atoms with Crippen LogP contribution >= 0.6 is 0 Å². The third kappa shape index (κ3) is 2.55. The van der Waals surface area contributed by atoms with Crippen molar-refractivity contribution in [1.29, 1.82) is 0 Å². The Morgan fingerprint density at radius 1 is 1.08 bits per heavy atom. The van der Waals surface area contributed by atoms with Gasteiger partial charge < -0.3 is 0 Å². The molecule has 0 amide bonds. The van der Waals surface area contributed by atoms with E-state index in [0.29, 0.717) is 0 Å². The molecule has 0 radical (unpaired) electrons. The van der Waals surface area contributed by atoms with Crippen molar-refractivity contribution in [2.45, 2.75) is 20.3 Å². The first-order valence-corrected chi connectivity index (χ1v) is 4.74. The summed E-state index contributed by atoms with van der Waals surface area (Å²) in [5, 5.41) is 0. The van der Waals surface area contributed by atoms with E-state index in [2.05, 4.69) is 23.2 Å². The Balaban J connectivity index is 0.000000396. The van der Waals surface area contributed by atoms with Crippen LogP contribution in [0.4, 0.5) is 0 Å². The number of benzene rings is 1.